The van der Waals surface area contributed by atoms with Crippen molar-refractivity contribution in [2.75, 3.05) is 44.2 Å². The second-order valence-electron chi connectivity index (χ2n) is 5.71. The normalized spacial score (nSPS) is 15.8. The van der Waals surface area contributed by atoms with Crippen molar-refractivity contribution in [3.63, 3.8) is 0 Å². The second kappa shape index (κ2) is 7.15. The predicted molar refractivity (Wildman–Crippen MR) is 94.1 cm³/mol. The summed E-state index contributed by atoms with van der Waals surface area (Å²) in [4.78, 5) is 20.6. The molecule has 23 heavy (non-hydrogen) atoms. The van der Waals surface area contributed by atoms with Gasteiger partial charge >= 0.3 is 0 Å². The number of pyridine rings is 1. The highest BCUT2D eigenvalue weighted by Crippen LogP contribution is 2.28. The summed E-state index contributed by atoms with van der Waals surface area (Å²) in [5.74, 6) is 0.102. The van der Waals surface area contributed by atoms with E-state index in [9.17, 15) is 4.79 Å². The van der Waals surface area contributed by atoms with Crippen LogP contribution in [0.2, 0.25) is 5.02 Å². The Hall–Kier alpha value is -1.85. The lowest BCUT2D eigenvalue weighted by atomic mass is 10.1. The van der Waals surface area contributed by atoms with Gasteiger partial charge in [0, 0.05) is 55.0 Å². The third-order valence-corrected chi connectivity index (χ3v) is 4.37. The van der Waals surface area contributed by atoms with E-state index in [1.54, 1.807) is 0 Å². The van der Waals surface area contributed by atoms with Crippen LogP contribution in [-0.2, 0) is 4.79 Å². The fourth-order valence-electron chi connectivity index (χ4n) is 2.98. The number of carbonyl (C=O) groups excluding carboxylic acids is 1. The molecule has 1 saturated heterocycles. The van der Waals surface area contributed by atoms with Crippen molar-refractivity contribution in [1.82, 2.24) is 15.2 Å². The van der Waals surface area contributed by atoms with Crippen molar-refractivity contribution >= 4 is 34.1 Å². The van der Waals surface area contributed by atoms with E-state index in [0.29, 0.717) is 18.1 Å². The maximum absolute atomic E-state index is 11.7. The van der Waals surface area contributed by atoms with Gasteiger partial charge in [-0.15, -0.1) is 0 Å². The van der Waals surface area contributed by atoms with E-state index in [2.05, 4.69) is 26.2 Å². The first kappa shape index (κ1) is 16.0. The van der Waals surface area contributed by atoms with Gasteiger partial charge in [0.1, 0.15) is 0 Å². The molecule has 1 N–H and O–H groups in total. The number of hydrogen-bond donors (Lipinski definition) is 1. The molecule has 6 heteroatoms. The van der Waals surface area contributed by atoms with Crippen LogP contribution in [0.15, 0.2) is 30.5 Å². The van der Waals surface area contributed by atoms with Crippen LogP contribution in [0.1, 0.15) is 6.92 Å². The third-order valence-electron chi connectivity index (χ3n) is 4.14. The minimum atomic E-state index is 0.102. The number of benzene rings is 1. The summed E-state index contributed by atoms with van der Waals surface area (Å²) in [7, 11) is 0. The lowest BCUT2D eigenvalue weighted by molar-refractivity contribution is -0.122. The van der Waals surface area contributed by atoms with Crippen LogP contribution in [0.25, 0.3) is 10.9 Å². The van der Waals surface area contributed by atoms with Gasteiger partial charge in [-0.05, 0) is 31.2 Å². The number of hydrogen-bond acceptors (Lipinski definition) is 4. The number of piperazine rings is 1. The highest BCUT2D eigenvalue weighted by atomic mass is 35.5. The molecule has 0 spiro atoms. The number of anilines is 1. The van der Waals surface area contributed by atoms with Crippen molar-refractivity contribution < 1.29 is 4.79 Å². The van der Waals surface area contributed by atoms with E-state index in [-0.39, 0.29) is 5.91 Å². The lowest BCUT2D eigenvalue weighted by Crippen LogP contribution is -2.49. The van der Waals surface area contributed by atoms with E-state index in [0.717, 1.165) is 37.1 Å². The Labute approximate surface area is 141 Å². The van der Waals surface area contributed by atoms with Gasteiger partial charge in [0.25, 0.3) is 0 Å². The molecular formula is C17H21ClN4O. The summed E-state index contributed by atoms with van der Waals surface area (Å²) in [6, 6.07) is 7.88. The van der Waals surface area contributed by atoms with Gasteiger partial charge < -0.3 is 10.2 Å². The average Bonchev–Trinajstić information content (AvgIpc) is 2.55. The highest BCUT2D eigenvalue weighted by Gasteiger charge is 2.20. The van der Waals surface area contributed by atoms with Gasteiger partial charge in [0.05, 0.1) is 12.1 Å². The molecule has 3 rings (SSSR count). The van der Waals surface area contributed by atoms with Gasteiger partial charge in [-0.25, -0.2) is 0 Å². The lowest BCUT2D eigenvalue weighted by Gasteiger charge is -2.36. The molecule has 0 atom stereocenters. The number of nitrogens with one attached hydrogen (secondary N) is 1. The third kappa shape index (κ3) is 3.74. The quantitative estimate of drug-likeness (QED) is 0.932. The molecule has 1 amide bonds. The summed E-state index contributed by atoms with van der Waals surface area (Å²) in [5, 5.41) is 4.67. The maximum atomic E-state index is 11.7. The molecule has 0 unspecified atom stereocenters. The fourth-order valence-corrected chi connectivity index (χ4v) is 3.15. The van der Waals surface area contributed by atoms with Crippen LogP contribution in [0.5, 0.6) is 0 Å². The fraction of sp³-hybridized carbons (Fsp3) is 0.412. The van der Waals surface area contributed by atoms with Crippen molar-refractivity contribution in [1.29, 1.82) is 0 Å². The Morgan fingerprint density at radius 3 is 2.78 bits per heavy atom. The minimum Gasteiger partial charge on any atom is -0.368 e. The summed E-state index contributed by atoms with van der Waals surface area (Å²) < 4.78 is 0. The number of nitrogens with zero attached hydrogens (tertiary/aromatic N) is 3. The topological polar surface area (TPSA) is 48.5 Å². The van der Waals surface area contributed by atoms with Gasteiger partial charge in [0.15, 0.2) is 0 Å². The Morgan fingerprint density at radius 2 is 2.04 bits per heavy atom. The first-order valence-electron chi connectivity index (χ1n) is 7.95. The maximum Gasteiger partial charge on any atom is 0.234 e. The number of fused-ring (bicyclic) bond motifs is 1. The van der Waals surface area contributed by atoms with E-state index in [1.165, 1.54) is 5.69 Å². The first-order chi connectivity index (χ1) is 11.2. The van der Waals surface area contributed by atoms with Crippen molar-refractivity contribution in [3.8, 4) is 0 Å². The average molecular weight is 333 g/mol. The van der Waals surface area contributed by atoms with E-state index in [4.69, 9.17) is 11.6 Å². The van der Waals surface area contributed by atoms with Gasteiger partial charge in [-0.3, -0.25) is 14.7 Å². The minimum absolute atomic E-state index is 0.102. The number of aromatic nitrogens is 1. The molecule has 122 valence electrons. The molecule has 0 bridgehead atoms. The molecule has 2 aromatic rings. The molecule has 1 aromatic carbocycles. The van der Waals surface area contributed by atoms with Gasteiger partial charge in [0.2, 0.25) is 5.91 Å². The standard InChI is InChI=1S/C17H21ClN4O/c1-2-19-17(23)12-21-7-9-22(10-8-21)16-5-6-20-15-11-13(18)3-4-14(15)16/h3-6,11H,2,7-10,12H2,1H3,(H,19,23). The number of carbonyl (C=O) groups is 1. The molecular weight excluding hydrogens is 312 g/mol. The van der Waals surface area contributed by atoms with Gasteiger partial charge in [-0.2, -0.15) is 0 Å². The Kier molecular flexibility index (Phi) is 4.98. The van der Waals surface area contributed by atoms with Crippen LogP contribution < -0.4 is 10.2 Å². The SMILES string of the molecule is CCNC(=O)CN1CCN(c2ccnc3cc(Cl)ccc23)CC1. The molecule has 1 aliphatic rings. The zero-order chi connectivity index (χ0) is 16.2. The van der Waals surface area contributed by atoms with Crippen molar-refractivity contribution in [2.45, 2.75) is 6.92 Å². The molecule has 5 nitrogen and oxygen atoms in total. The van der Waals surface area contributed by atoms with Crippen molar-refractivity contribution in [3.05, 3.63) is 35.5 Å². The second-order valence-corrected chi connectivity index (χ2v) is 6.14. The van der Waals surface area contributed by atoms with Crippen molar-refractivity contribution in [2.24, 2.45) is 0 Å². The predicted octanol–water partition coefficient (Wildman–Crippen LogP) is 2.15. The molecule has 0 saturated carbocycles. The summed E-state index contributed by atoms with van der Waals surface area (Å²) in [6.45, 7) is 6.68. The number of rotatable bonds is 4. The molecule has 2 heterocycles. The summed E-state index contributed by atoms with van der Waals surface area (Å²) in [5.41, 5.74) is 2.10. The first-order valence-corrected chi connectivity index (χ1v) is 8.33. The zero-order valence-electron chi connectivity index (χ0n) is 13.3. The van der Waals surface area contributed by atoms with E-state index in [1.807, 2.05) is 31.3 Å². The van der Waals surface area contributed by atoms with Crippen LogP contribution in [0, 0.1) is 0 Å². The number of amides is 1. The summed E-state index contributed by atoms with van der Waals surface area (Å²) in [6.07, 6.45) is 1.83. The highest BCUT2D eigenvalue weighted by molar-refractivity contribution is 6.31. The van der Waals surface area contributed by atoms with Gasteiger partial charge in [-0.1, -0.05) is 11.6 Å². The Balaban J connectivity index is 1.69. The largest absolute Gasteiger partial charge is 0.368 e. The van der Waals surface area contributed by atoms with E-state index < -0.39 is 0 Å². The van der Waals surface area contributed by atoms with Crippen LogP contribution >= 0.6 is 11.6 Å². The molecule has 1 aromatic heterocycles. The van der Waals surface area contributed by atoms with E-state index >= 15 is 0 Å². The Bertz CT molecular complexity index is 698. The molecule has 1 fully saturated rings. The molecule has 1 aliphatic heterocycles. The number of likely N-dealkylation sites (N-methyl/N-ethyl adjacent to an activating group) is 1. The number of halogens is 1. The molecule has 0 aliphatic carbocycles. The van der Waals surface area contributed by atoms with Crippen LogP contribution in [-0.4, -0.2) is 55.1 Å². The smallest absolute Gasteiger partial charge is 0.234 e. The zero-order valence-corrected chi connectivity index (χ0v) is 14.0. The Morgan fingerprint density at radius 1 is 1.26 bits per heavy atom. The van der Waals surface area contributed by atoms with Crippen LogP contribution in [0.3, 0.4) is 0 Å². The van der Waals surface area contributed by atoms with Crippen LogP contribution in [0.4, 0.5) is 5.69 Å². The summed E-state index contributed by atoms with van der Waals surface area (Å²) >= 11 is 6.05. The molecule has 0 radical (unpaired) electrons. The monoisotopic (exact) mass is 332 g/mol.